The SMILES string of the molecule is CCCNC(=O)[C@H](Cc1ccccc1)N(Cc1cccc(Br)c1)C(=O)CN(c1cccc(Cl)c1)S(=O)(=O)c1ccc(Cl)cc1. The molecule has 0 aliphatic rings. The Morgan fingerprint density at radius 1 is 0.841 bits per heavy atom. The van der Waals surface area contributed by atoms with Crippen LogP contribution >= 0.6 is 39.1 Å². The van der Waals surface area contributed by atoms with Crippen molar-refractivity contribution in [2.75, 3.05) is 17.4 Å². The number of halogens is 3. The summed E-state index contributed by atoms with van der Waals surface area (Å²) in [4.78, 5) is 29.5. The molecule has 7 nitrogen and oxygen atoms in total. The minimum atomic E-state index is -4.25. The third-order valence-corrected chi connectivity index (χ3v) is 9.61. The van der Waals surface area contributed by atoms with Crippen molar-refractivity contribution in [3.8, 4) is 0 Å². The number of hydrogen-bond acceptors (Lipinski definition) is 4. The summed E-state index contributed by atoms with van der Waals surface area (Å²) in [6.07, 6.45) is 0.947. The lowest BCUT2D eigenvalue weighted by Crippen LogP contribution is -2.53. The molecule has 0 aliphatic carbocycles. The van der Waals surface area contributed by atoms with E-state index in [9.17, 15) is 18.0 Å². The van der Waals surface area contributed by atoms with Crippen LogP contribution < -0.4 is 9.62 Å². The van der Waals surface area contributed by atoms with E-state index in [0.717, 1.165) is 19.9 Å². The van der Waals surface area contributed by atoms with Gasteiger partial charge in [0.2, 0.25) is 11.8 Å². The van der Waals surface area contributed by atoms with Crippen LogP contribution in [0.15, 0.2) is 112 Å². The van der Waals surface area contributed by atoms with Gasteiger partial charge in [-0.15, -0.1) is 0 Å². The Hall–Kier alpha value is -3.37. The Morgan fingerprint density at radius 2 is 1.52 bits per heavy atom. The normalized spacial score (nSPS) is 11.9. The molecule has 4 aromatic rings. The van der Waals surface area contributed by atoms with Gasteiger partial charge in [0, 0.05) is 34.0 Å². The average molecular weight is 718 g/mol. The smallest absolute Gasteiger partial charge is 0.264 e. The highest BCUT2D eigenvalue weighted by atomic mass is 79.9. The number of sulfonamides is 1. The first-order valence-electron chi connectivity index (χ1n) is 14.0. The van der Waals surface area contributed by atoms with E-state index in [1.54, 1.807) is 18.2 Å². The van der Waals surface area contributed by atoms with Gasteiger partial charge in [0.05, 0.1) is 10.6 Å². The molecule has 4 aromatic carbocycles. The van der Waals surface area contributed by atoms with Crippen molar-refractivity contribution in [2.24, 2.45) is 0 Å². The highest BCUT2D eigenvalue weighted by Gasteiger charge is 2.34. The molecule has 0 heterocycles. The van der Waals surface area contributed by atoms with Crippen LogP contribution in [0.1, 0.15) is 24.5 Å². The van der Waals surface area contributed by atoms with Crippen LogP contribution in [-0.4, -0.2) is 44.3 Å². The van der Waals surface area contributed by atoms with Crippen LogP contribution in [0.3, 0.4) is 0 Å². The van der Waals surface area contributed by atoms with Gasteiger partial charge in [0.15, 0.2) is 0 Å². The first-order chi connectivity index (χ1) is 21.1. The molecule has 0 fully saturated rings. The third kappa shape index (κ3) is 8.85. The van der Waals surface area contributed by atoms with Crippen molar-refractivity contribution in [1.82, 2.24) is 10.2 Å². The van der Waals surface area contributed by atoms with Crippen molar-refractivity contribution in [2.45, 2.75) is 37.2 Å². The Kier molecular flexibility index (Phi) is 11.9. The molecule has 0 aromatic heterocycles. The summed E-state index contributed by atoms with van der Waals surface area (Å²) in [5, 5.41) is 3.61. The van der Waals surface area contributed by atoms with Gasteiger partial charge in [0.1, 0.15) is 12.6 Å². The molecule has 44 heavy (non-hydrogen) atoms. The van der Waals surface area contributed by atoms with Crippen LogP contribution in [0.2, 0.25) is 10.0 Å². The summed E-state index contributed by atoms with van der Waals surface area (Å²) in [5.74, 6) is -0.885. The van der Waals surface area contributed by atoms with E-state index in [1.165, 1.54) is 35.2 Å². The topological polar surface area (TPSA) is 86.8 Å². The standard InChI is InChI=1S/C33H32BrCl2N3O4S/c1-2-18-37-33(41)31(20-24-8-4-3-5-9-24)38(22-25-10-6-11-26(34)19-25)32(40)23-39(29-13-7-12-28(36)21-29)44(42,43)30-16-14-27(35)15-17-30/h3-17,19,21,31H,2,18,20,22-23H2,1H3,(H,37,41)/t31-/m0/s1. The second kappa shape index (κ2) is 15.6. The number of anilines is 1. The van der Waals surface area contributed by atoms with E-state index in [2.05, 4.69) is 21.2 Å². The summed E-state index contributed by atoms with van der Waals surface area (Å²) < 4.78 is 29.9. The summed E-state index contributed by atoms with van der Waals surface area (Å²) >= 11 is 15.8. The summed E-state index contributed by atoms with van der Waals surface area (Å²) in [5.41, 5.74) is 1.83. The monoisotopic (exact) mass is 715 g/mol. The Balaban J connectivity index is 1.80. The first kappa shape index (κ1) is 33.5. The fourth-order valence-electron chi connectivity index (χ4n) is 4.65. The lowest BCUT2D eigenvalue weighted by atomic mass is 10.0. The Morgan fingerprint density at radius 3 is 2.18 bits per heavy atom. The van der Waals surface area contributed by atoms with Gasteiger partial charge >= 0.3 is 0 Å². The van der Waals surface area contributed by atoms with Gasteiger partial charge in [-0.25, -0.2) is 8.42 Å². The van der Waals surface area contributed by atoms with E-state index >= 15 is 0 Å². The maximum atomic E-state index is 14.4. The number of amides is 2. The molecule has 1 atom stereocenters. The van der Waals surface area contributed by atoms with Gasteiger partial charge in [-0.1, -0.05) is 94.6 Å². The summed E-state index contributed by atoms with van der Waals surface area (Å²) in [6, 6.07) is 27.9. The minimum absolute atomic E-state index is 0.0465. The largest absolute Gasteiger partial charge is 0.354 e. The van der Waals surface area contributed by atoms with Crippen LogP contribution in [0.4, 0.5) is 5.69 Å². The molecule has 0 bridgehead atoms. The highest BCUT2D eigenvalue weighted by molar-refractivity contribution is 9.10. The molecule has 230 valence electrons. The number of rotatable bonds is 13. The summed E-state index contributed by atoms with van der Waals surface area (Å²) in [7, 11) is -4.25. The molecule has 0 aliphatic heterocycles. The molecular formula is C33H32BrCl2N3O4S. The molecule has 11 heteroatoms. The van der Waals surface area contributed by atoms with Gasteiger partial charge in [-0.2, -0.15) is 0 Å². The predicted octanol–water partition coefficient (Wildman–Crippen LogP) is 7.12. The van der Waals surface area contributed by atoms with Gasteiger partial charge in [-0.05, 0) is 72.1 Å². The molecule has 0 radical (unpaired) electrons. The van der Waals surface area contributed by atoms with Crippen LogP contribution in [0.25, 0.3) is 0 Å². The Bertz CT molecular complexity index is 1690. The fourth-order valence-corrected chi connectivity index (χ4v) is 6.81. The van der Waals surface area contributed by atoms with Crippen molar-refractivity contribution in [3.05, 3.63) is 129 Å². The zero-order valence-electron chi connectivity index (χ0n) is 24.0. The van der Waals surface area contributed by atoms with Gasteiger partial charge in [-0.3, -0.25) is 13.9 Å². The van der Waals surface area contributed by atoms with E-state index in [0.29, 0.717) is 23.0 Å². The molecule has 1 N–H and O–H groups in total. The average Bonchev–Trinajstić information content (AvgIpc) is 3.01. The van der Waals surface area contributed by atoms with Crippen molar-refractivity contribution in [1.29, 1.82) is 0 Å². The summed E-state index contributed by atoms with van der Waals surface area (Å²) in [6.45, 7) is 1.87. The molecule has 0 spiro atoms. The van der Waals surface area contributed by atoms with E-state index in [-0.39, 0.29) is 29.5 Å². The first-order valence-corrected chi connectivity index (χ1v) is 17.0. The molecule has 0 saturated heterocycles. The van der Waals surface area contributed by atoms with Crippen molar-refractivity contribution < 1.29 is 18.0 Å². The minimum Gasteiger partial charge on any atom is -0.354 e. The lowest BCUT2D eigenvalue weighted by molar-refractivity contribution is -0.140. The fraction of sp³-hybridized carbons (Fsp3) is 0.212. The van der Waals surface area contributed by atoms with Gasteiger partial charge in [0.25, 0.3) is 10.0 Å². The molecule has 2 amide bonds. The van der Waals surface area contributed by atoms with Crippen molar-refractivity contribution >= 4 is 66.7 Å². The van der Waals surface area contributed by atoms with Crippen molar-refractivity contribution in [3.63, 3.8) is 0 Å². The second-order valence-electron chi connectivity index (χ2n) is 10.1. The van der Waals surface area contributed by atoms with Crippen LogP contribution in [-0.2, 0) is 32.6 Å². The molecule has 0 saturated carbocycles. The van der Waals surface area contributed by atoms with E-state index < -0.39 is 28.5 Å². The van der Waals surface area contributed by atoms with Gasteiger partial charge < -0.3 is 10.2 Å². The highest BCUT2D eigenvalue weighted by Crippen LogP contribution is 2.28. The molecule has 0 unspecified atom stereocenters. The quantitative estimate of drug-likeness (QED) is 0.160. The third-order valence-electron chi connectivity index (χ3n) is 6.84. The van der Waals surface area contributed by atoms with Crippen LogP contribution in [0.5, 0.6) is 0 Å². The second-order valence-corrected chi connectivity index (χ2v) is 13.7. The maximum absolute atomic E-state index is 14.4. The molecule has 4 rings (SSSR count). The lowest BCUT2D eigenvalue weighted by Gasteiger charge is -2.34. The number of carbonyl (C=O) groups excluding carboxylic acids is 2. The number of benzene rings is 4. The Labute approximate surface area is 277 Å². The zero-order chi connectivity index (χ0) is 31.7. The maximum Gasteiger partial charge on any atom is 0.264 e. The molecular weight excluding hydrogens is 685 g/mol. The predicted molar refractivity (Wildman–Crippen MR) is 179 cm³/mol. The number of hydrogen-bond donors (Lipinski definition) is 1. The number of nitrogens with zero attached hydrogens (tertiary/aromatic N) is 2. The van der Waals surface area contributed by atoms with Crippen LogP contribution in [0, 0.1) is 0 Å². The van der Waals surface area contributed by atoms with E-state index in [1.807, 2.05) is 61.5 Å². The number of carbonyl (C=O) groups is 2. The zero-order valence-corrected chi connectivity index (χ0v) is 27.9. The van der Waals surface area contributed by atoms with E-state index in [4.69, 9.17) is 23.2 Å². The number of nitrogens with one attached hydrogen (secondary N) is 1.